The Morgan fingerprint density at radius 3 is 2.23 bits per heavy atom. The van der Waals surface area contributed by atoms with Crippen molar-refractivity contribution in [3.8, 4) is 0 Å². The van der Waals surface area contributed by atoms with Gasteiger partial charge in [-0.3, -0.25) is 0 Å². The van der Waals surface area contributed by atoms with E-state index in [4.69, 9.17) is 0 Å². The number of hydrogen-bond donors (Lipinski definition) is 1. The lowest BCUT2D eigenvalue weighted by molar-refractivity contribution is 0.0884. The third kappa shape index (κ3) is 2.46. The standard InChI is InChI=1S/C12H22O/c13-12(11-6-1-2-7-11)9-8-10-4-3-5-10/h10-13H,1-9H2. The van der Waals surface area contributed by atoms with Crippen LogP contribution in [0.15, 0.2) is 0 Å². The highest BCUT2D eigenvalue weighted by Gasteiger charge is 2.25. The number of aliphatic hydroxyl groups is 1. The van der Waals surface area contributed by atoms with Gasteiger partial charge < -0.3 is 5.11 Å². The van der Waals surface area contributed by atoms with E-state index in [2.05, 4.69) is 0 Å². The molecule has 1 N–H and O–H groups in total. The summed E-state index contributed by atoms with van der Waals surface area (Å²) < 4.78 is 0. The Bertz CT molecular complexity index is 145. The van der Waals surface area contributed by atoms with E-state index < -0.39 is 0 Å². The molecule has 2 fully saturated rings. The predicted molar refractivity (Wildman–Crippen MR) is 54.5 cm³/mol. The SMILES string of the molecule is OC(CCC1CCC1)C1CCCC1. The molecule has 2 saturated carbocycles. The van der Waals surface area contributed by atoms with E-state index in [1.165, 1.54) is 51.4 Å². The molecule has 0 aliphatic heterocycles. The van der Waals surface area contributed by atoms with Crippen molar-refractivity contribution in [2.45, 2.75) is 63.9 Å². The molecule has 0 aromatic heterocycles. The zero-order valence-corrected chi connectivity index (χ0v) is 8.54. The fourth-order valence-corrected chi connectivity index (χ4v) is 2.77. The summed E-state index contributed by atoms with van der Waals surface area (Å²) in [4.78, 5) is 0. The van der Waals surface area contributed by atoms with Gasteiger partial charge in [-0.2, -0.15) is 0 Å². The summed E-state index contributed by atoms with van der Waals surface area (Å²) in [5, 5.41) is 9.92. The molecule has 13 heavy (non-hydrogen) atoms. The van der Waals surface area contributed by atoms with E-state index in [1.54, 1.807) is 0 Å². The molecular weight excluding hydrogens is 160 g/mol. The fraction of sp³-hybridized carbons (Fsp3) is 1.00. The first kappa shape index (κ1) is 9.51. The maximum atomic E-state index is 9.92. The molecule has 2 rings (SSSR count). The third-order valence-electron chi connectivity index (χ3n) is 4.04. The van der Waals surface area contributed by atoms with Crippen LogP contribution in [0.3, 0.4) is 0 Å². The van der Waals surface area contributed by atoms with Crippen LogP contribution in [0.2, 0.25) is 0 Å². The van der Waals surface area contributed by atoms with Gasteiger partial charge >= 0.3 is 0 Å². The van der Waals surface area contributed by atoms with Crippen molar-refractivity contribution in [3.63, 3.8) is 0 Å². The Morgan fingerprint density at radius 1 is 1.00 bits per heavy atom. The van der Waals surface area contributed by atoms with Crippen LogP contribution >= 0.6 is 0 Å². The first-order valence-electron chi connectivity index (χ1n) is 6.04. The van der Waals surface area contributed by atoms with Crippen molar-refractivity contribution < 1.29 is 5.11 Å². The van der Waals surface area contributed by atoms with Gasteiger partial charge in [-0.1, -0.05) is 32.1 Å². The van der Waals surface area contributed by atoms with Gasteiger partial charge in [0.2, 0.25) is 0 Å². The molecule has 2 aliphatic rings. The second-order valence-corrected chi connectivity index (χ2v) is 4.99. The number of aliphatic hydroxyl groups excluding tert-OH is 1. The molecule has 0 amide bonds. The molecule has 0 saturated heterocycles. The van der Waals surface area contributed by atoms with E-state index in [0.717, 1.165) is 12.3 Å². The monoisotopic (exact) mass is 182 g/mol. The molecule has 0 aromatic carbocycles. The summed E-state index contributed by atoms with van der Waals surface area (Å²) in [6, 6.07) is 0. The van der Waals surface area contributed by atoms with Crippen LogP contribution < -0.4 is 0 Å². The maximum absolute atomic E-state index is 9.92. The smallest absolute Gasteiger partial charge is 0.0568 e. The van der Waals surface area contributed by atoms with Crippen molar-refractivity contribution in [1.82, 2.24) is 0 Å². The summed E-state index contributed by atoms with van der Waals surface area (Å²) in [5.74, 6) is 1.62. The van der Waals surface area contributed by atoms with Crippen LogP contribution in [0.1, 0.15) is 57.8 Å². The molecule has 0 aromatic rings. The van der Waals surface area contributed by atoms with E-state index in [1.807, 2.05) is 0 Å². The Labute approximate surface area is 81.5 Å². The quantitative estimate of drug-likeness (QED) is 0.708. The Hall–Kier alpha value is -0.0400. The maximum Gasteiger partial charge on any atom is 0.0568 e. The summed E-state index contributed by atoms with van der Waals surface area (Å²) in [7, 11) is 0. The lowest BCUT2D eigenvalue weighted by atomic mass is 9.80. The van der Waals surface area contributed by atoms with Crippen LogP contribution in [0, 0.1) is 11.8 Å². The lowest BCUT2D eigenvalue weighted by Gasteiger charge is -2.27. The lowest BCUT2D eigenvalue weighted by Crippen LogP contribution is -2.20. The fourth-order valence-electron chi connectivity index (χ4n) is 2.77. The van der Waals surface area contributed by atoms with Gasteiger partial charge in [0.15, 0.2) is 0 Å². The van der Waals surface area contributed by atoms with Gasteiger partial charge in [-0.25, -0.2) is 0 Å². The molecule has 0 bridgehead atoms. The largest absolute Gasteiger partial charge is 0.393 e. The summed E-state index contributed by atoms with van der Waals surface area (Å²) in [6.45, 7) is 0. The van der Waals surface area contributed by atoms with Crippen LogP contribution in [-0.4, -0.2) is 11.2 Å². The molecule has 2 aliphatic carbocycles. The minimum atomic E-state index is 0.0306. The minimum Gasteiger partial charge on any atom is -0.393 e. The summed E-state index contributed by atoms with van der Waals surface area (Å²) in [6.07, 6.45) is 12.0. The van der Waals surface area contributed by atoms with Crippen molar-refractivity contribution in [2.75, 3.05) is 0 Å². The Morgan fingerprint density at radius 2 is 1.69 bits per heavy atom. The van der Waals surface area contributed by atoms with Crippen molar-refractivity contribution in [3.05, 3.63) is 0 Å². The van der Waals surface area contributed by atoms with E-state index >= 15 is 0 Å². The molecular formula is C12H22O. The highest BCUT2D eigenvalue weighted by atomic mass is 16.3. The first-order chi connectivity index (χ1) is 6.36. The van der Waals surface area contributed by atoms with Crippen molar-refractivity contribution in [2.24, 2.45) is 11.8 Å². The van der Waals surface area contributed by atoms with Gasteiger partial charge in [0.1, 0.15) is 0 Å². The molecule has 0 radical (unpaired) electrons. The molecule has 0 heterocycles. The number of rotatable bonds is 4. The van der Waals surface area contributed by atoms with Gasteiger partial charge in [-0.15, -0.1) is 0 Å². The van der Waals surface area contributed by atoms with E-state index in [-0.39, 0.29) is 6.10 Å². The van der Waals surface area contributed by atoms with Gasteiger partial charge in [0, 0.05) is 0 Å². The third-order valence-corrected chi connectivity index (χ3v) is 4.04. The molecule has 0 spiro atoms. The van der Waals surface area contributed by atoms with Gasteiger partial charge in [0.05, 0.1) is 6.10 Å². The molecule has 1 heteroatoms. The summed E-state index contributed by atoms with van der Waals surface area (Å²) in [5.41, 5.74) is 0. The van der Waals surface area contributed by atoms with Crippen LogP contribution in [0.25, 0.3) is 0 Å². The highest BCUT2D eigenvalue weighted by molar-refractivity contribution is 4.77. The normalized spacial score (nSPS) is 27.5. The van der Waals surface area contributed by atoms with E-state index in [0.29, 0.717) is 5.92 Å². The second-order valence-electron chi connectivity index (χ2n) is 4.99. The van der Waals surface area contributed by atoms with Crippen molar-refractivity contribution >= 4 is 0 Å². The molecule has 76 valence electrons. The average Bonchev–Trinajstić information content (AvgIpc) is 2.52. The zero-order valence-electron chi connectivity index (χ0n) is 8.54. The van der Waals surface area contributed by atoms with Crippen LogP contribution in [-0.2, 0) is 0 Å². The van der Waals surface area contributed by atoms with Gasteiger partial charge in [-0.05, 0) is 37.5 Å². The van der Waals surface area contributed by atoms with Crippen molar-refractivity contribution in [1.29, 1.82) is 0 Å². The topological polar surface area (TPSA) is 20.2 Å². The zero-order chi connectivity index (χ0) is 9.10. The Kier molecular flexibility index (Phi) is 3.26. The molecule has 1 unspecified atom stereocenters. The summed E-state index contributed by atoms with van der Waals surface area (Å²) >= 11 is 0. The Balaban J connectivity index is 1.62. The van der Waals surface area contributed by atoms with Crippen LogP contribution in [0.5, 0.6) is 0 Å². The minimum absolute atomic E-state index is 0.0306. The van der Waals surface area contributed by atoms with Gasteiger partial charge in [0.25, 0.3) is 0 Å². The average molecular weight is 182 g/mol. The van der Waals surface area contributed by atoms with E-state index in [9.17, 15) is 5.11 Å². The predicted octanol–water partition coefficient (Wildman–Crippen LogP) is 3.12. The molecule has 1 nitrogen and oxygen atoms in total. The van der Waals surface area contributed by atoms with Crippen LogP contribution in [0.4, 0.5) is 0 Å². The number of hydrogen-bond acceptors (Lipinski definition) is 1. The first-order valence-corrected chi connectivity index (χ1v) is 6.04. The molecule has 1 atom stereocenters. The highest BCUT2D eigenvalue weighted by Crippen LogP contribution is 2.34. The second kappa shape index (κ2) is 4.45.